The zero-order valence-electron chi connectivity index (χ0n) is 12.4. The van der Waals surface area contributed by atoms with E-state index in [0.717, 1.165) is 0 Å². The number of carbonyl (C=O) groups is 1. The fourth-order valence-corrected chi connectivity index (χ4v) is 2.79. The molecule has 8 nitrogen and oxygen atoms in total. The maximum Gasteiger partial charge on any atom is 0.334 e. The van der Waals surface area contributed by atoms with Crippen LogP contribution in [0.25, 0.3) is 0 Å². The number of aromatic nitrogens is 2. The second-order valence-corrected chi connectivity index (χ2v) is 5.81. The summed E-state index contributed by atoms with van der Waals surface area (Å²) in [5, 5.41) is 27.7. The van der Waals surface area contributed by atoms with Gasteiger partial charge in [0.15, 0.2) is 0 Å². The van der Waals surface area contributed by atoms with Crippen LogP contribution < -0.4 is 5.32 Å². The van der Waals surface area contributed by atoms with Crippen LogP contribution in [0.3, 0.4) is 0 Å². The van der Waals surface area contributed by atoms with E-state index in [-0.39, 0.29) is 23.6 Å². The quantitative estimate of drug-likeness (QED) is 0.636. The van der Waals surface area contributed by atoms with Crippen molar-refractivity contribution in [2.75, 3.05) is 5.32 Å². The number of nitrogens with one attached hydrogen (secondary N) is 1. The molecule has 1 heterocycles. The minimum atomic E-state index is -0.804. The average Bonchev–Trinajstić information content (AvgIpc) is 2.96. The van der Waals surface area contributed by atoms with Gasteiger partial charge in [0.2, 0.25) is 5.82 Å². The van der Waals surface area contributed by atoms with E-state index in [9.17, 15) is 14.9 Å². The number of nitro groups is 1. The Balaban J connectivity index is 2.24. The Morgan fingerprint density at radius 3 is 2.67 bits per heavy atom. The molecule has 1 aromatic rings. The molecule has 1 aliphatic rings. The predicted octanol–water partition coefficient (Wildman–Crippen LogP) is 2.12. The molecule has 2 atom stereocenters. The van der Waals surface area contributed by atoms with E-state index in [4.69, 9.17) is 5.11 Å². The van der Waals surface area contributed by atoms with Crippen molar-refractivity contribution in [1.82, 2.24) is 9.78 Å². The fourth-order valence-electron chi connectivity index (χ4n) is 2.79. The molecule has 0 saturated heterocycles. The highest BCUT2D eigenvalue weighted by Gasteiger charge is 2.34. The number of nitrogens with zero attached hydrogens (tertiary/aromatic N) is 3. The first-order valence-electron chi connectivity index (χ1n) is 7.01. The van der Waals surface area contributed by atoms with Gasteiger partial charge in [-0.05, 0) is 19.3 Å². The molecule has 2 rings (SSSR count). The molecule has 0 radical (unpaired) electrons. The van der Waals surface area contributed by atoms with Gasteiger partial charge in [-0.25, -0.2) is 4.68 Å². The van der Waals surface area contributed by atoms with Crippen molar-refractivity contribution < 1.29 is 14.8 Å². The molecule has 0 aliphatic heterocycles. The van der Waals surface area contributed by atoms with Gasteiger partial charge < -0.3 is 10.4 Å². The molecule has 2 N–H and O–H groups in total. The molecule has 1 aliphatic carbocycles. The Bertz CT molecular complexity index is 567. The smallest absolute Gasteiger partial charge is 0.334 e. The third-order valence-corrected chi connectivity index (χ3v) is 3.90. The Labute approximate surface area is 122 Å². The van der Waals surface area contributed by atoms with Crippen molar-refractivity contribution in [2.24, 2.45) is 13.0 Å². The first-order valence-corrected chi connectivity index (χ1v) is 7.01. The molecule has 0 spiro atoms. The monoisotopic (exact) mass is 296 g/mol. The SMILES string of the molecule is CC(C)c1nn(C)c(N[C@H]2CC[C@@H](C(=O)O)C2)c1[N+](=O)[O-]. The van der Waals surface area contributed by atoms with E-state index in [1.54, 1.807) is 7.05 Å². The number of hydrogen-bond donors (Lipinski definition) is 2. The third-order valence-electron chi connectivity index (χ3n) is 3.90. The van der Waals surface area contributed by atoms with Crippen LogP contribution in [-0.4, -0.2) is 31.8 Å². The second kappa shape index (κ2) is 5.71. The maximum atomic E-state index is 11.3. The predicted molar refractivity (Wildman–Crippen MR) is 76.3 cm³/mol. The molecule has 21 heavy (non-hydrogen) atoms. The van der Waals surface area contributed by atoms with Crippen LogP contribution in [0.5, 0.6) is 0 Å². The summed E-state index contributed by atoms with van der Waals surface area (Å²) in [6.45, 7) is 3.71. The highest BCUT2D eigenvalue weighted by molar-refractivity contribution is 5.70. The molecule has 0 amide bonds. The van der Waals surface area contributed by atoms with Crippen LogP contribution in [0.1, 0.15) is 44.7 Å². The first-order chi connectivity index (χ1) is 9.81. The highest BCUT2D eigenvalue weighted by Crippen LogP contribution is 2.35. The summed E-state index contributed by atoms with van der Waals surface area (Å²) >= 11 is 0. The van der Waals surface area contributed by atoms with Crippen molar-refractivity contribution in [3.63, 3.8) is 0 Å². The molecule has 1 aromatic heterocycles. The van der Waals surface area contributed by atoms with Crippen molar-refractivity contribution >= 4 is 17.5 Å². The van der Waals surface area contributed by atoms with Gasteiger partial charge in [0.1, 0.15) is 5.69 Å². The van der Waals surface area contributed by atoms with Crippen LogP contribution in [-0.2, 0) is 11.8 Å². The van der Waals surface area contributed by atoms with Crippen LogP contribution >= 0.6 is 0 Å². The Morgan fingerprint density at radius 2 is 2.19 bits per heavy atom. The molecule has 116 valence electrons. The second-order valence-electron chi connectivity index (χ2n) is 5.81. The number of anilines is 1. The number of hydrogen-bond acceptors (Lipinski definition) is 5. The van der Waals surface area contributed by atoms with Gasteiger partial charge in [-0.2, -0.15) is 5.10 Å². The van der Waals surface area contributed by atoms with Gasteiger partial charge in [0.05, 0.1) is 10.8 Å². The standard InChI is InChI=1S/C13H20N4O4/c1-7(2)10-11(17(20)21)12(16(3)15-10)14-9-5-4-8(6-9)13(18)19/h7-9,14H,4-6H2,1-3H3,(H,18,19)/t8-,9+/m1/s1. The van der Waals surface area contributed by atoms with E-state index in [1.807, 2.05) is 13.8 Å². The first kappa shape index (κ1) is 15.3. The number of aryl methyl sites for hydroxylation is 1. The summed E-state index contributed by atoms with van der Waals surface area (Å²) < 4.78 is 1.47. The topological polar surface area (TPSA) is 110 Å². The lowest BCUT2D eigenvalue weighted by molar-refractivity contribution is -0.384. The highest BCUT2D eigenvalue weighted by atomic mass is 16.6. The maximum absolute atomic E-state index is 11.3. The summed E-state index contributed by atoms with van der Waals surface area (Å²) in [5.41, 5.74) is 0.434. The molecular weight excluding hydrogens is 276 g/mol. The van der Waals surface area contributed by atoms with Crippen molar-refractivity contribution in [2.45, 2.75) is 45.1 Å². The average molecular weight is 296 g/mol. The van der Waals surface area contributed by atoms with Crippen LogP contribution in [0.4, 0.5) is 11.5 Å². The summed E-state index contributed by atoms with van der Waals surface area (Å²) in [4.78, 5) is 21.9. The fraction of sp³-hybridized carbons (Fsp3) is 0.692. The number of carboxylic acids is 1. The number of aliphatic carboxylic acids is 1. The lowest BCUT2D eigenvalue weighted by Crippen LogP contribution is -2.20. The molecule has 0 unspecified atom stereocenters. The van der Waals surface area contributed by atoms with Crippen LogP contribution in [0.15, 0.2) is 0 Å². The van der Waals surface area contributed by atoms with E-state index in [0.29, 0.717) is 30.8 Å². The van der Waals surface area contributed by atoms with Gasteiger partial charge in [-0.15, -0.1) is 0 Å². The summed E-state index contributed by atoms with van der Waals surface area (Å²) in [6.07, 6.45) is 1.76. The van der Waals surface area contributed by atoms with E-state index >= 15 is 0 Å². The summed E-state index contributed by atoms with van der Waals surface area (Å²) in [5.74, 6) is -0.872. The van der Waals surface area contributed by atoms with Crippen LogP contribution in [0.2, 0.25) is 0 Å². The van der Waals surface area contributed by atoms with Gasteiger partial charge in [0.25, 0.3) is 0 Å². The number of rotatable bonds is 5. The minimum Gasteiger partial charge on any atom is -0.481 e. The minimum absolute atomic E-state index is 0.00808. The Morgan fingerprint density at radius 1 is 1.52 bits per heavy atom. The molecule has 0 aromatic carbocycles. The van der Waals surface area contributed by atoms with Crippen molar-refractivity contribution in [3.05, 3.63) is 15.8 Å². The zero-order valence-corrected chi connectivity index (χ0v) is 12.4. The van der Waals surface area contributed by atoms with E-state index in [2.05, 4.69) is 10.4 Å². The Hall–Kier alpha value is -2.12. The van der Waals surface area contributed by atoms with Crippen molar-refractivity contribution in [1.29, 1.82) is 0 Å². The van der Waals surface area contributed by atoms with Crippen molar-refractivity contribution in [3.8, 4) is 0 Å². The molecule has 1 fully saturated rings. The Kier molecular flexibility index (Phi) is 4.15. The summed E-state index contributed by atoms with van der Waals surface area (Å²) in [7, 11) is 1.66. The molecule has 0 bridgehead atoms. The molecule has 8 heteroatoms. The largest absolute Gasteiger partial charge is 0.481 e. The number of carboxylic acid groups (broad SMARTS) is 1. The van der Waals surface area contributed by atoms with Gasteiger partial charge in [-0.3, -0.25) is 14.9 Å². The lowest BCUT2D eigenvalue weighted by Gasteiger charge is -2.13. The van der Waals surface area contributed by atoms with Crippen LogP contribution in [0, 0.1) is 16.0 Å². The van der Waals surface area contributed by atoms with E-state index < -0.39 is 10.9 Å². The normalized spacial score (nSPS) is 21.7. The lowest BCUT2D eigenvalue weighted by atomic mass is 10.1. The van der Waals surface area contributed by atoms with Gasteiger partial charge in [-0.1, -0.05) is 13.8 Å². The van der Waals surface area contributed by atoms with E-state index in [1.165, 1.54) is 4.68 Å². The zero-order chi connectivity index (χ0) is 15.7. The third kappa shape index (κ3) is 2.98. The molecule has 1 saturated carbocycles. The summed E-state index contributed by atoms with van der Waals surface area (Å²) in [6, 6.07) is -0.0692. The van der Waals surface area contributed by atoms with Gasteiger partial charge >= 0.3 is 11.7 Å². The molecular formula is C13H20N4O4. The van der Waals surface area contributed by atoms with Gasteiger partial charge in [0, 0.05) is 19.0 Å².